The van der Waals surface area contributed by atoms with E-state index in [0.717, 1.165) is 45.3 Å². The standard InChI is InChI=1S/C16H24N2O2S/c19-21(20)12-7-15(8-13-21)17-9-3-10-18-11-6-14-4-1-2-5-16(14)18/h1-2,4-5,15,17H,3,6-13H2. The van der Waals surface area contributed by atoms with Crippen molar-refractivity contribution in [2.24, 2.45) is 0 Å². The molecule has 1 fully saturated rings. The predicted octanol–water partition coefficient (Wildman–Crippen LogP) is 1.61. The molecule has 0 aliphatic carbocycles. The molecule has 5 heteroatoms. The van der Waals surface area contributed by atoms with Crippen molar-refractivity contribution in [1.82, 2.24) is 5.32 Å². The highest BCUT2D eigenvalue weighted by Gasteiger charge is 2.23. The monoisotopic (exact) mass is 308 g/mol. The van der Waals surface area contributed by atoms with Crippen molar-refractivity contribution >= 4 is 15.5 Å². The fourth-order valence-corrected chi connectivity index (χ4v) is 4.80. The Balaban J connectivity index is 1.38. The second kappa shape index (κ2) is 6.36. The van der Waals surface area contributed by atoms with Crippen LogP contribution in [-0.2, 0) is 16.3 Å². The van der Waals surface area contributed by atoms with E-state index in [4.69, 9.17) is 0 Å². The van der Waals surface area contributed by atoms with Crippen molar-refractivity contribution in [2.45, 2.75) is 31.7 Å². The minimum absolute atomic E-state index is 0.351. The Morgan fingerprint density at radius 3 is 2.76 bits per heavy atom. The molecule has 0 radical (unpaired) electrons. The number of benzene rings is 1. The molecule has 1 N–H and O–H groups in total. The number of hydrogen-bond acceptors (Lipinski definition) is 4. The van der Waals surface area contributed by atoms with Gasteiger partial charge in [0.05, 0.1) is 11.5 Å². The van der Waals surface area contributed by atoms with Gasteiger partial charge in [0.1, 0.15) is 9.84 Å². The van der Waals surface area contributed by atoms with Crippen LogP contribution in [0.25, 0.3) is 0 Å². The number of anilines is 1. The van der Waals surface area contributed by atoms with Crippen LogP contribution in [0.3, 0.4) is 0 Å². The van der Waals surface area contributed by atoms with Crippen LogP contribution in [-0.4, -0.2) is 45.6 Å². The van der Waals surface area contributed by atoms with Crippen LogP contribution in [0.2, 0.25) is 0 Å². The number of nitrogens with zero attached hydrogens (tertiary/aromatic N) is 1. The smallest absolute Gasteiger partial charge is 0.150 e. The third-order valence-electron chi connectivity index (χ3n) is 4.58. The van der Waals surface area contributed by atoms with Crippen LogP contribution in [0, 0.1) is 0 Å². The summed E-state index contributed by atoms with van der Waals surface area (Å²) in [7, 11) is -2.74. The summed E-state index contributed by atoms with van der Waals surface area (Å²) in [5.41, 5.74) is 2.85. The van der Waals surface area contributed by atoms with Crippen LogP contribution in [0.15, 0.2) is 24.3 Å². The normalized spacial score (nSPS) is 21.4. The molecular weight excluding hydrogens is 284 g/mol. The van der Waals surface area contributed by atoms with Crippen LogP contribution in [0.5, 0.6) is 0 Å². The van der Waals surface area contributed by atoms with Crippen LogP contribution in [0.1, 0.15) is 24.8 Å². The molecule has 0 spiro atoms. The number of sulfone groups is 1. The lowest BCUT2D eigenvalue weighted by Gasteiger charge is -2.24. The molecule has 116 valence electrons. The number of nitrogens with one attached hydrogen (secondary N) is 1. The molecular formula is C16H24N2O2S. The van der Waals surface area contributed by atoms with Gasteiger partial charge in [-0.05, 0) is 43.9 Å². The first-order chi connectivity index (χ1) is 10.1. The molecule has 4 nitrogen and oxygen atoms in total. The second-order valence-corrected chi connectivity index (χ2v) is 8.40. The van der Waals surface area contributed by atoms with Crippen molar-refractivity contribution < 1.29 is 8.42 Å². The van der Waals surface area contributed by atoms with Crippen LogP contribution in [0.4, 0.5) is 5.69 Å². The first-order valence-electron chi connectivity index (χ1n) is 7.91. The summed E-state index contributed by atoms with van der Waals surface area (Å²) in [6, 6.07) is 9.04. The Hall–Kier alpha value is -1.07. The van der Waals surface area contributed by atoms with Gasteiger partial charge in [-0.25, -0.2) is 8.42 Å². The van der Waals surface area contributed by atoms with Crippen molar-refractivity contribution in [3.8, 4) is 0 Å². The Labute approximate surface area is 127 Å². The van der Waals surface area contributed by atoms with E-state index in [2.05, 4.69) is 34.5 Å². The van der Waals surface area contributed by atoms with Gasteiger partial charge in [-0.2, -0.15) is 0 Å². The quantitative estimate of drug-likeness (QED) is 0.840. The molecule has 0 atom stereocenters. The Bertz CT molecular complexity index is 572. The maximum Gasteiger partial charge on any atom is 0.150 e. The topological polar surface area (TPSA) is 49.4 Å². The van der Waals surface area contributed by atoms with Crippen molar-refractivity contribution in [1.29, 1.82) is 0 Å². The first-order valence-corrected chi connectivity index (χ1v) is 9.73. The van der Waals surface area contributed by atoms with Gasteiger partial charge in [0.15, 0.2) is 0 Å². The third kappa shape index (κ3) is 3.77. The van der Waals surface area contributed by atoms with Gasteiger partial charge in [0.2, 0.25) is 0 Å². The Morgan fingerprint density at radius 2 is 1.95 bits per heavy atom. The lowest BCUT2D eigenvalue weighted by Crippen LogP contribution is -2.38. The molecule has 21 heavy (non-hydrogen) atoms. The van der Waals surface area contributed by atoms with Gasteiger partial charge >= 0.3 is 0 Å². The van der Waals surface area contributed by atoms with E-state index < -0.39 is 9.84 Å². The van der Waals surface area contributed by atoms with E-state index in [1.807, 2.05) is 0 Å². The maximum atomic E-state index is 11.4. The minimum atomic E-state index is -2.74. The number of fused-ring (bicyclic) bond motifs is 1. The summed E-state index contributed by atoms with van der Waals surface area (Å²) in [5.74, 6) is 0.703. The van der Waals surface area contributed by atoms with Gasteiger partial charge in [-0.3, -0.25) is 0 Å². The SMILES string of the molecule is O=S1(=O)CCC(NCCCN2CCc3ccccc32)CC1. The minimum Gasteiger partial charge on any atom is -0.371 e. The zero-order valence-electron chi connectivity index (χ0n) is 12.4. The summed E-state index contributed by atoms with van der Waals surface area (Å²) < 4.78 is 22.8. The van der Waals surface area contributed by atoms with E-state index in [1.54, 1.807) is 0 Å². The van der Waals surface area contributed by atoms with E-state index >= 15 is 0 Å². The highest BCUT2D eigenvalue weighted by atomic mass is 32.2. The molecule has 0 aromatic heterocycles. The van der Waals surface area contributed by atoms with Crippen LogP contribution < -0.4 is 10.2 Å². The summed E-state index contributed by atoms with van der Waals surface area (Å²) in [5, 5.41) is 3.52. The molecule has 0 bridgehead atoms. The molecule has 1 aromatic rings. The number of hydrogen-bond donors (Lipinski definition) is 1. The number of rotatable bonds is 5. The van der Waals surface area contributed by atoms with Crippen molar-refractivity contribution in [3.63, 3.8) is 0 Å². The van der Waals surface area contributed by atoms with Gasteiger partial charge in [0.25, 0.3) is 0 Å². The van der Waals surface area contributed by atoms with Crippen molar-refractivity contribution in [2.75, 3.05) is 36.0 Å². The summed E-state index contributed by atoms with van der Waals surface area (Å²) in [6.07, 6.45) is 3.81. The van der Waals surface area contributed by atoms with Crippen LogP contribution >= 0.6 is 0 Å². The first kappa shape index (κ1) is 14.9. The fraction of sp³-hybridized carbons (Fsp3) is 0.625. The maximum absolute atomic E-state index is 11.4. The second-order valence-electron chi connectivity index (χ2n) is 6.10. The van der Waals surface area contributed by atoms with Gasteiger partial charge in [-0.1, -0.05) is 18.2 Å². The van der Waals surface area contributed by atoms with E-state index in [0.29, 0.717) is 17.5 Å². The third-order valence-corrected chi connectivity index (χ3v) is 6.29. The molecule has 0 amide bonds. The summed E-state index contributed by atoms with van der Waals surface area (Å²) in [4.78, 5) is 2.46. The van der Waals surface area contributed by atoms with E-state index in [9.17, 15) is 8.42 Å². The average molecular weight is 308 g/mol. The lowest BCUT2D eigenvalue weighted by molar-refractivity contribution is 0.459. The van der Waals surface area contributed by atoms with Gasteiger partial charge in [0, 0.05) is 24.8 Å². The molecule has 1 aromatic carbocycles. The zero-order valence-corrected chi connectivity index (χ0v) is 13.2. The molecule has 1 saturated heterocycles. The molecule has 0 unspecified atom stereocenters. The summed E-state index contributed by atoms with van der Waals surface area (Å²) in [6.45, 7) is 3.18. The highest BCUT2D eigenvalue weighted by molar-refractivity contribution is 7.91. The van der Waals surface area contributed by atoms with Gasteiger partial charge in [-0.15, -0.1) is 0 Å². The van der Waals surface area contributed by atoms with Crippen molar-refractivity contribution in [3.05, 3.63) is 29.8 Å². The zero-order chi connectivity index (χ0) is 14.7. The molecule has 2 aliphatic rings. The Kier molecular flexibility index (Phi) is 4.50. The summed E-state index contributed by atoms with van der Waals surface area (Å²) >= 11 is 0. The van der Waals surface area contributed by atoms with E-state index in [-0.39, 0.29) is 0 Å². The fourth-order valence-electron chi connectivity index (χ4n) is 3.31. The highest BCUT2D eigenvalue weighted by Crippen LogP contribution is 2.27. The largest absolute Gasteiger partial charge is 0.371 e. The number of para-hydroxylation sites is 1. The average Bonchev–Trinajstić information content (AvgIpc) is 2.88. The van der Waals surface area contributed by atoms with E-state index in [1.165, 1.54) is 11.3 Å². The molecule has 2 heterocycles. The Morgan fingerprint density at radius 1 is 1.19 bits per heavy atom. The molecule has 2 aliphatic heterocycles. The predicted molar refractivity (Wildman–Crippen MR) is 86.7 cm³/mol. The molecule has 0 saturated carbocycles. The van der Waals surface area contributed by atoms with Gasteiger partial charge < -0.3 is 10.2 Å². The molecule has 3 rings (SSSR count). The lowest BCUT2D eigenvalue weighted by atomic mass is 10.1.